The zero-order chi connectivity index (χ0) is 8.97. The molecule has 0 fully saturated rings. The largest absolute Gasteiger partial charge is 0.290 e. The normalized spacial score (nSPS) is 9.83. The van der Waals surface area contributed by atoms with Gasteiger partial charge in [-0.15, -0.1) is 11.8 Å². The first-order chi connectivity index (χ1) is 5.75. The van der Waals surface area contributed by atoms with E-state index in [9.17, 15) is 13.6 Å². The number of hydrogen-bond donors (Lipinski definition) is 0. The second kappa shape index (κ2) is 4.21. The number of hydrogen-bond acceptors (Lipinski definition) is 2. The Bertz CT molecular complexity index is 268. The molecular weight excluding hydrogens is 182 g/mol. The molecule has 0 amide bonds. The van der Waals surface area contributed by atoms with Crippen molar-refractivity contribution < 1.29 is 13.6 Å². The molecule has 4 heteroatoms. The van der Waals surface area contributed by atoms with Gasteiger partial charge in [-0.3, -0.25) is 4.79 Å². The maximum Gasteiger partial charge on any atom is 0.209 e. The Balaban J connectivity index is 2.88. The second-order valence-electron chi connectivity index (χ2n) is 1.98. The minimum atomic E-state index is -0.643. The van der Waals surface area contributed by atoms with Crippen molar-refractivity contribution in [3.05, 3.63) is 29.8 Å². The van der Waals surface area contributed by atoms with Crippen LogP contribution in [0.5, 0.6) is 0 Å². The maximum absolute atomic E-state index is 12.8. The molecule has 1 aromatic rings. The van der Waals surface area contributed by atoms with Gasteiger partial charge in [0, 0.05) is 0 Å². The van der Waals surface area contributed by atoms with Crippen molar-refractivity contribution in [2.45, 2.75) is 4.90 Å². The molecule has 1 nitrogen and oxygen atoms in total. The third-order valence-corrected chi connectivity index (χ3v) is 2.14. The zero-order valence-corrected chi connectivity index (χ0v) is 6.83. The minimum Gasteiger partial charge on any atom is -0.290 e. The van der Waals surface area contributed by atoms with E-state index < -0.39 is 11.6 Å². The lowest BCUT2D eigenvalue weighted by Crippen LogP contribution is -1.88. The summed E-state index contributed by atoms with van der Waals surface area (Å²) >= 11 is 0.800. The van der Waals surface area contributed by atoms with Gasteiger partial charge in [-0.1, -0.05) is 6.07 Å². The third kappa shape index (κ3) is 2.04. The molecule has 0 bridgehead atoms. The molecule has 12 heavy (non-hydrogen) atoms. The molecule has 0 N–H and O–H groups in total. The standard InChI is InChI=1S/C8H5F2OS/c9-6-2-1-3-7(10)8(6)12-5-4-11/h1-3H,5H2. The van der Waals surface area contributed by atoms with Crippen LogP contribution in [0.3, 0.4) is 0 Å². The topological polar surface area (TPSA) is 17.1 Å². The molecule has 0 unspecified atom stereocenters. The second-order valence-corrected chi connectivity index (χ2v) is 2.97. The number of rotatable bonds is 3. The highest BCUT2D eigenvalue weighted by molar-refractivity contribution is 7.99. The number of thioether (sulfide) groups is 1. The van der Waals surface area contributed by atoms with Crippen LogP contribution < -0.4 is 0 Å². The quantitative estimate of drug-likeness (QED) is 0.674. The summed E-state index contributed by atoms with van der Waals surface area (Å²) in [7, 11) is 0. The van der Waals surface area contributed by atoms with Crippen molar-refractivity contribution in [1.29, 1.82) is 0 Å². The first kappa shape index (κ1) is 9.19. The van der Waals surface area contributed by atoms with Gasteiger partial charge in [-0.05, 0) is 12.1 Å². The summed E-state index contributed by atoms with van der Waals surface area (Å²) in [5, 5.41) is 0. The molecule has 0 saturated carbocycles. The summed E-state index contributed by atoms with van der Waals surface area (Å²) < 4.78 is 25.6. The molecule has 0 saturated heterocycles. The van der Waals surface area contributed by atoms with E-state index >= 15 is 0 Å². The fourth-order valence-electron chi connectivity index (χ4n) is 0.722. The Kier molecular flexibility index (Phi) is 3.22. The fourth-order valence-corrected chi connectivity index (χ4v) is 1.34. The Morgan fingerprint density at radius 1 is 1.33 bits per heavy atom. The van der Waals surface area contributed by atoms with Crippen molar-refractivity contribution in [1.82, 2.24) is 0 Å². The van der Waals surface area contributed by atoms with E-state index in [1.807, 2.05) is 0 Å². The Hall–Kier alpha value is -0.900. The van der Waals surface area contributed by atoms with Crippen molar-refractivity contribution in [3.8, 4) is 0 Å². The van der Waals surface area contributed by atoms with E-state index in [1.54, 1.807) is 6.29 Å². The van der Waals surface area contributed by atoms with Gasteiger partial charge < -0.3 is 0 Å². The summed E-state index contributed by atoms with van der Waals surface area (Å²) in [5.41, 5.74) is 0. The molecule has 1 aromatic carbocycles. The van der Waals surface area contributed by atoms with Gasteiger partial charge in [0.15, 0.2) is 0 Å². The summed E-state index contributed by atoms with van der Waals surface area (Å²) in [6, 6.07) is 3.58. The lowest BCUT2D eigenvalue weighted by molar-refractivity contribution is 0.540. The molecule has 0 atom stereocenters. The van der Waals surface area contributed by atoms with E-state index in [2.05, 4.69) is 0 Å². The zero-order valence-electron chi connectivity index (χ0n) is 6.01. The Labute approximate surface area is 72.8 Å². The van der Waals surface area contributed by atoms with E-state index in [1.165, 1.54) is 6.07 Å². The van der Waals surface area contributed by atoms with Crippen LogP contribution in [0.4, 0.5) is 8.78 Å². The number of carbonyl (C=O) groups excluding carboxylic acids is 1. The number of benzene rings is 1. The molecule has 1 radical (unpaired) electrons. The van der Waals surface area contributed by atoms with Gasteiger partial charge in [-0.2, -0.15) is 0 Å². The number of halogens is 2. The molecule has 0 aromatic heterocycles. The van der Waals surface area contributed by atoms with Crippen LogP contribution in [-0.4, -0.2) is 12.0 Å². The van der Waals surface area contributed by atoms with Crippen LogP contribution in [0.15, 0.2) is 23.1 Å². The molecule has 0 aliphatic rings. The summed E-state index contributed by atoms with van der Waals surface area (Å²) in [5.74, 6) is -1.34. The highest BCUT2D eigenvalue weighted by Gasteiger charge is 2.07. The first-order valence-corrected chi connectivity index (χ1v) is 4.16. The van der Waals surface area contributed by atoms with Crippen molar-refractivity contribution in [2.75, 3.05) is 5.75 Å². The van der Waals surface area contributed by atoms with Gasteiger partial charge in [-0.25, -0.2) is 8.78 Å². The molecule has 0 spiro atoms. The predicted molar refractivity (Wildman–Crippen MR) is 42.8 cm³/mol. The summed E-state index contributed by atoms with van der Waals surface area (Å²) in [6.45, 7) is 0. The Morgan fingerprint density at radius 2 is 1.92 bits per heavy atom. The van der Waals surface area contributed by atoms with Crippen LogP contribution in [0.25, 0.3) is 0 Å². The van der Waals surface area contributed by atoms with Gasteiger partial charge in [0.25, 0.3) is 0 Å². The fraction of sp³-hybridized carbons (Fsp3) is 0.125. The Morgan fingerprint density at radius 3 is 2.42 bits per heavy atom. The summed E-state index contributed by atoms with van der Waals surface area (Å²) in [4.78, 5) is 9.69. The summed E-state index contributed by atoms with van der Waals surface area (Å²) in [6.07, 6.45) is 1.55. The molecular formula is C8H5F2OS. The SMILES string of the molecule is O=[C]CSc1c(F)cccc1F. The molecule has 63 valence electrons. The van der Waals surface area contributed by atoms with Gasteiger partial charge >= 0.3 is 0 Å². The van der Waals surface area contributed by atoms with Crippen LogP contribution in [0.2, 0.25) is 0 Å². The van der Waals surface area contributed by atoms with E-state index in [0.29, 0.717) is 0 Å². The minimum absolute atomic E-state index is 0.0577. The first-order valence-electron chi connectivity index (χ1n) is 3.17. The highest BCUT2D eigenvalue weighted by Crippen LogP contribution is 2.23. The lowest BCUT2D eigenvalue weighted by Gasteiger charge is -1.99. The van der Waals surface area contributed by atoms with Crippen LogP contribution in [-0.2, 0) is 4.79 Å². The van der Waals surface area contributed by atoms with Crippen LogP contribution in [0, 0.1) is 11.6 Å². The molecule has 0 heterocycles. The molecule has 0 aliphatic heterocycles. The van der Waals surface area contributed by atoms with Crippen LogP contribution >= 0.6 is 11.8 Å². The van der Waals surface area contributed by atoms with E-state index in [-0.39, 0.29) is 10.6 Å². The van der Waals surface area contributed by atoms with Gasteiger partial charge in [0.2, 0.25) is 6.29 Å². The monoisotopic (exact) mass is 187 g/mol. The molecule has 1 rings (SSSR count). The average molecular weight is 187 g/mol. The van der Waals surface area contributed by atoms with E-state index in [4.69, 9.17) is 0 Å². The highest BCUT2D eigenvalue weighted by atomic mass is 32.2. The predicted octanol–water partition coefficient (Wildman–Crippen LogP) is 2.17. The van der Waals surface area contributed by atoms with Crippen molar-refractivity contribution in [2.24, 2.45) is 0 Å². The van der Waals surface area contributed by atoms with Crippen molar-refractivity contribution in [3.63, 3.8) is 0 Å². The maximum atomic E-state index is 12.8. The van der Waals surface area contributed by atoms with Gasteiger partial charge in [0.05, 0.1) is 10.6 Å². The van der Waals surface area contributed by atoms with E-state index in [0.717, 1.165) is 23.9 Å². The average Bonchev–Trinajstić information content (AvgIpc) is 2.04. The van der Waals surface area contributed by atoms with Gasteiger partial charge in [0.1, 0.15) is 11.6 Å². The molecule has 0 aliphatic carbocycles. The van der Waals surface area contributed by atoms with Crippen LogP contribution in [0.1, 0.15) is 0 Å². The van der Waals surface area contributed by atoms with Crippen molar-refractivity contribution >= 4 is 18.0 Å². The lowest BCUT2D eigenvalue weighted by atomic mass is 10.3. The third-order valence-electron chi connectivity index (χ3n) is 1.19. The smallest absolute Gasteiger partial charge is 0.209 e.